The molecule has 5 rings (SSSR count). The predicted octanol–water partition coefficient (Wildman–Crippen LogP) is 4.06. The molecule has 0 atom stereocenters. The van der Waals surface area contributed by atoms with E-state index in [1.807, 2.05) is 31.2 Å². The second kappa shape index (κ2) is 10.2. The highest BCUT2D eigenvalue weighted by Crippen LogP contribution is 2.33. The number of piperazine rings is 1. The second-order valence-corrected chi connectivity index (χ2v) is 9.44. The lowest BCUT2D eigenvalue weighted by Crippen LogP contribution is -2.47. The highest BCUT2D eigenvalue weighted by Gasteiger charge is 2.21. The van der Waals surface area contributed by atoms with E-state index in [0.717, 1.165) is 98.3 Å². The lowest BCUT2D eigenvalue weighted by atomic mass is 10.0. The summed E-state index contributed by atoms with van der Waals surface area (Å²) in [5.74, 6) is 0.810. The van der Waals surface area contributed by atoms with Crippen LogP contribution in [-0.4, -0.2) is 49.3 Å². The third-order valence-electron chi connectivity index (χ3n) is 7.34. The van der Waals surface area contributed by atoms with Gasteiger partial charge in [0.25, 0.3) is 0 Å². The molecular formula is C28H34N2O4. The molecule has 0 radical (unpaired) electrons. The van der Waals surface area contributed by atoms with Gasteiger partial charge >= 0.3 is 5.63 Å². The molecule has 1 fully saturated rings. The lowest BCUT2D eigenvalue weighted by molar-refractivity contribution is 0.237. The van der Waals surface area contributed by atoms with E-state index >= 15 is 0 Å². The molecule has 1 saturated heterocycles. The Hall–Kier alpha value is -2.83. The molecule has 34 heavy (non-hydrogen) atoms. The number of aliphatic hydroxyl groups excluding tert-OH is 1. The van der Waals surface area contributed by atoms with Crippen LogP contribution in [0.1, 0.15) is 41.5 Å². The van der Waals surface area contributed by atoms with Crippen molar-refractivity contribution in [3.05, 3.63) is 69.1 Å². The zero-order chi connectivity index (χ0) is 23.5. The van der Waals surface area contributed by atoms with Crippen LogP contribution < -0.4 is 15.3 Å². The number of unbranched alkanes of at least 4 members (excludes halogenated alkanes) is 1. The number of anilines is 1. The van der Waals surface area contributed by atoms with Gasteiger partial charge in [-0.1, -0.05) is 18.2 Å². The molecule has 1 N–H and O–H groups in total. The molecule has 6 heteroatoms. The van der Waals surface area contributed by atoms with Crippen molar-refractivity contribution in [1.29, 1.82) is 0 Å². The van der Waals surface area contributed by atoms with Crippen molar-refractivity contribution in [2.45, 2.75) is 45.6 Å². The predicted molar refractivity (Wildman–Crippen MR) is 135 cm³/mol. The first-order valence-electron chi connectivity index (χ1n) is 12.5. The summed E-state index contributed by atoms with van der Waals surface area (Å²) in [6, 6.07) is 12.2. The monoisotopic (exact) mass is 462 g/mol. The van der Waals surface area contributed by atoms with E-state index < -0.39 is 0 Å². The second-order valence-electron chi connectivity index (χ2n) is 9.44. The van der Waals surface area contributed by atoms with Gasteiger partial charge in [0.1, 0.15) is 11.3 Å². The van der Waals surface area contributed by atoms with Gasteiger partial charge in [-0.3, -0.25) is 4.90 Å². The van der Waals surface area contributed by atoms with Crippen LogP contribution in [0.5, 0.6) is 5.75 Å². The van der Waals surface area contributed by atoms with E-state index in [2.05, 4.69) is 21.9 Å². The molecule has 2 heterocycles. The maximum absolute atomic E-state index is 12.3. The van der Waals surface area contributed by atoms with Crippen LogP contribution in [0.25, 0.3) is 11.0 Å². The van der Waals surface area contributed by atoms with Crippen LogP contribution in [0.3, 0.4) is 0 Å². The summed E-state index contributed by atoms with van der Waals surface area (Å²) >= 11 is 0. The Morgan fingerprint density at radius 3 is 2.62 bits per heavy atom. The van der Waals surface area contributed by atoms with E-state index in [0.29, 0.717) is 12.2 Å². The number of benzene rings is 2. The van der Waals surface area contributed by atoms with Gasteiger partial charge in [-0.2, -0.15) is 0 Å². The van der Waals surface area contributed by atoms with Crippen molar-refractivity contribution in [2.75, 3.05) is 44.2 Å². The molecule has 0 saturated carbocycles. The molecule has 1 aromatic heterocycles. The highest BCUT2D eigenvalue weighted by atomic mass is 16.5. The fourth-order valence-electron chi connectivity index (χ4n) is 5.40. The SMILES string of the molecule is Cc1c(OCCCCN2CCN(c3ccccc3CO)CC2)ccc2c3c(c(=O)oc12)CCC3. The molecule has 6 nitrogen and oxygen atoms in total. The van der Waals surface area contributed by atoms with Crippen LogP contribution in [-0.2, 0) is 19.4 Å². The molecule has 0 unspecified atom stereocenters. The molecule has 0 bridgehead atoms. The summed E-state index contributed by atoms with van der Waals surface area (Å²) in [6.07, 6.45) is 4.89. The standard InChI is InChI=1S/C28H34N2O4/c1-20-26(12-11-23-22-8-6-9-24(22)28(32)34-27(20)23)33-18-5-4-13-29-14-16-30(17-15-29)25-10-3-2-7-21(25)19-31/h2-3,7,10-12,31H,4-6,8-9,13-19H2,1H3. The Balaban J connectivity index is 1.09. The normalized spacial score (nSPS) is 16.2. The Kier molecular flexibility index (Phi) is 6.88. The Morgan fingerprint density at radius 1 is 1.00 bits per heavy atom. The molecule has 0 amide bonds. The molecular weight excluding hydrogens is 428 g/mol. The third-order valence-corrected chi connectivity index (χ3v) is 7.34. The van der Waals surface area contributed by atoms with Crippen LogP contribution in [0.2, 0.25) is 0 Å². The van der Waals surface area contributed by atoms with E-state index in [-0.39, 0.29) is 12.2 Å². The molecule has 1 aliphatic heterocycles. The van der Waals surface area contributed by atoms with Crippen LogP contribution in [0, 0.1) is 6.92 Å². The highest BCUT2D eigenvalue weighted by molar-refractivity contribution is 5.86. The van der Waals surface area contributed by atoms with Gasteiger partial charge in [-0.25, -0.2) is 4.79 Å². The van der Waals surface area contributed by atoms with Crippen molar-refractivity contribution in [3.63, 3.8) is 0 Å². The first-order valence-corrected chi connectivity index (χ1v) is 12.5. The van der Waals surface area contributed by atoms with Gasteiger partial charge in [0.2, 0.25) is 0 Å². The average molecular weight is 463 g/mol. The van der Waals surface area contributed by atoms with Crippen molar-refractivity contribution in [2.24, 2.45) is 0 Å². The van der Waals surface area contributed by atoms with Crippen molar-refractivity contribution >= 4 is 16.7 Å². The summed E-state index contributed by atoms with van der Waals surface area (Å²) in [7, 11) is 0. The maximum atomic E-state index is 12.3. The molecule has 2 aromatic carbocycles. The summed E-state index contributed by atoms with van der Waals surface area (Å²) < 4.78 is 11.8. The minimum atomic E-state index is -0.180. The molecule has 180 valence electrons. The molecule has 1 aliphatic carbocycles. The number of ether oxygens (including phenoxy) is 1. The third kappa shape index (κ3) is 4.57. The number of aliphatic hydroxyl groups is 1. The Labute approximate surface area is 200 Å². The molecule has 2 aliphatic rings. The number of fused-ring (bicyclic) bond motifs is 3. The van der Waals surface area contributed by atoms with E-state index in [4.69, 9.17) is 9.15 Å². The topological polar surface area (TPSA) is 66.2 Å². The number of nitrogens with zero attached hydrogens (tertiary/aromatic N) is 2. The van der Waals surface area contributed by atoms with Crippen LogP contribution >= 0.6 is 0 Å². The number of rotatable bonds is 8. The number of hydrogen-bond donors (Lipinski definition) is 1. The fraction of sp³-hybridized carbons (Fsp3) is 0.464. The van der Waals surface area contributed by atoms with Crippen LogP contribution in [0.15, 0.2) is 45.6 Å². The van der Waals surface area contributed by atoms with Gasteiger partial charge in [0.15, 0.2) is 0 Å². The first-order chi connectivity index (χ1) is 16.7. The Bertz CT molecular complexity index is 1210. The summed E-state index contributed by atoms with van der Waals surface area (Å²) in [5.41, 5.74) is 5.61. The van der Waals surface area contributed by atoms with Crippen LogP contribution in [0.4, 0.5) is 5.69 Å². The largest absolute Gasteiger partial charge is 0.493 e. The van der Waals surface area contributed by atoms with Gasteiger partial charge < -0.3 is 19.2 Å². The smallest absolute Gasteiger partial charge is 0.339 e. The lowest BCUT2D eigenvalue weighted by Gasteiger charge is -2.37. The molecule has 0 spiro atoms. The zero-order valence-electron chi connectivity index (χ0n) is 20.0. The summed E-state index contributed by atoms with van der Waals surface area (Å²) in [4.78, 5) is 17.2. The summed E-state index contributed by atoms with van der Waals surface area (Å²) in [6.45, 7) is 7.83. The fourth-order valence-corrected chi connectivity index (χ4v) is 5.40. The zero-order valence-corrected chi connectivity index (χ0v) is 20.0. The molecule has 3 aromatic rings. The number of aryl methyl sites for hydroxylation is 2. The number of hydrogen-bond acceptors (Lipinski definition) is 6. The Morgan fingerprint density at radius 2 is 1.79 bits per heavy atom. The van der Waals surface area contributed by atoms with Crippen molar-refractivity contribution in [3.8, 4) is 5.75 Å². The van der Waals surface area contributed by atoms with Crippen molar-refractivity contribution < 1.29 is 14.3 Å². The minimum absolute atomic E-state index is 0.0847. The van der Waals surface area contributed by atoms with E-state index in [1.54, 1.807) is 0 Å². The van der Waals surface area contributed by atoms with E-state index in [9.17, 15) is 9.90 Å². The van der Waals surface area contributed by atoms with Gasteiger partial charge in [-0.15, -0.1) is 0 Å². The van der Waals surface area contributed by atoms with E-state index in [1.165, 1.54) is 5.56 Å². The summed E-state index contributed by atoms with van der Waals surface area (Å²) in [5, 5.41) is 10.7. The average Bonchev–Trinajstić information content (AvgIpc) is 3.37. The van der Waals surface area contributed by atoms with Crippen molar-refractivity contribution in [1.82, 2.24) is 4.90 Å². The van der Waals surface area contributed by atoms with Gasteiger partial charge in [0.05, 0.1) is 13.2 Å². The maximum Gasteiger partial charge on any atom is 0.339 e. The van der Waals surface area contributed by atoms with Gasteiger partial charge in [0, 0.05) is 53.9 Å². The minimum Gasteiger partial charge on any atom is -0.493 e. The number of para-hydroxylation sites is 1. The van der Waals surface area contributed by atoms with Gasteiger partial charge in [-0.05, 0) is 69.3 Å². The quantitative estimate of drug-likeness (QED) is 0.402. The first kappa shape index (κ1) is 22.9.